The van der Waals surface area contributed by atoms with Gasteiger partial charge in [-0.15, -0.1) is 11.6 Å². The summed E-state index contributed by atoms with van der Waals surface area (Å²) >= 11 is 5.56. The average molecular weight is 288 g/mol. The Balaban J connectivity index is 2.31. The van der Waals surface area contributed by atoms with Crippen molar-refractivity contribution in [1.82, 2.24) is 4.31 Å². The summed E-state index contributed by atoms with van der Waals surface area (Å²) in [4.78, 5) is 0. The van der Waals surface area contributed by atoms with Crippen molar-refractivity contribution in [2.45, 2.75) is 25.3 Å². The smallest absolute Gasteiger partial charge is 0.212 e. The second-order valence-corrected chi connectivity index (χ2v) is 7.15. The molecule has 0 saturated heterocycles. The zero-order chi connectivity index (χ0) is 13.2. The van der Waals surface area contributed by atoms with Gasteiger partial charge in [0.05, 0.1) is 5.75 Å². The lowest BCUT2D eigenvalue weighted by molar-refractivity contribution is 0.338. The van der Waals surface area contributed by atoms with Crippen LogP contribution >= 0.6 is 11.6 Å². The van der Waals surface area contributed by atoms with Crippen LogP contribution in [0.5, 0.6) is 0 Å². The highest BCUT2D eigenvalue weighted by atomic mass is 35.5. The first-order chi connectivity index (χ1) is 8.56. The predicted octanol–water partition coefficient (Wildman–Crippen LogP) is 2.56. The van der Waals surface area contributed by atoms with E-state index in [4.69, 9.17) is 11.6 Å². The highest BCUT2D eigenvalue weighted by Crippen LogP contribution is 2.34. The van der Waals surface area contributed by atoms with Crippen molar-refractivity contribution in [1.29, 1.82) is 0 Å². The van der Waals surface area contributed by atoms with Gasteiger partial charge in [-0.3, -0.25) is 0 Å². The van der Waals surface area contributed by atoms with Crippen LogP contribution in [0.25, 0.3) is 0 Å². The Kier molecular flexibility index (Phi) is 4.30. The molecule has 1 aliphatic carbocycles. The molecule has 18 heavy (non-hydrogen) atoms. The summed E-state index contributed by atoms with van der Waals surface area (Å²) < 4.78 is 25.7. The van der Waals surface area contributed by atoms with Crippen LogP contribution in [0.4, 0.5) is 0 Å². The van der Waals surface area contributed by atoms with Crippen molar-refractivity contribution < 1.29 is 8.42 Å². The highest BCUT2D eigenvalue weighted by molar-refractivity contribution is 7.89. The van der Waals surface area contributed by atoms with Gasteiger partial charge in [0.25, 0.3) is 0 Å². The summed E-state index contributed by atoms with van der Waals surface area (Å²) in [7, 11) is -1.59. The van der Waals surface area contributed by atoms with E-state index in [1.807, 2.05) is 18.2 Å². The normalized spacial score (nSPS) is 19.8. The van der Waals surface area contributed by atoms with Crippen LogP contribution in [0.15, 0.2) is 24.3 Å². The molecule has 1 aromatic rings. The van der Waals surface area contributed by atoms with Crippen molar-refractivity contribution in [2.75, 3.05) is 18.7 Å². The third-order valence-electron chi connectivity index (χ3n) is 3.55. The van der Waals surface area contributed by atoms with E-state index in [2.05, 4.69) is 6.07 Å². The second kappa shape index (κ2) is 5.59. The predicted molar refractivity (Wildman–Crippen MR) is 74.4 cm³/mol. The third-order valence-corrected chi connectivity index (χ3v) is 5.82. The van der Waals surface area contributed by atoms with E-state index in [1.54, 1.807) is 7.05 Å². The molecule has 0 aliphatic heterocycles. The highest BCUT2D eigenvalue weighted by Gasteiger charge is 2.30. The van der Waals surface area contributed by atoms with E-state index in [-0.39, 0.29) is 17.7 Å². The molecular formula is C13H18ClNO2S. The molecule has 0 N–H and O–H groups in total. The molecule has 0 radical (unpaired) electrons. The number of hydrogen-bond donors (Lipinski definition) is 0. The molecule has 0 heterocycles. The number of sulfonamides is 1. The summed E-state index contributed by atoms with van der Waals surface area (Å²) in [6.07, 6.45) is 2.95. The molecule has 2 rings (SSSR count). The first kappa shape index (κ1) is 13.8. The summed E-state index contributed by atoms with van der Waals surface area (Å²) in [5.41, 5.74) is 2.41. The molecule has 1 atom stereocenters. The van der Waals surface area contributed by atoms with E-state index < -0.39 is 10.0 Å². The van der Waals surface area contributed by atoms with Crippen molar-refractivity contribution >= 4 is 21.6 Å². The van der Waals surface area contributed by atoms with Gasteiger partial charge in [0.15, 0.2) is 0 Å². The number of nitrogens with zero attached hydrogens (tertiary/aromatic N) is 1. The van der Waals surface area contributed by atoms with Gasteiger partial charge in [0.1, 0.15) is 0 Å². The standard InChI is InChI=1S/C13H18ClNO2S/c1-15(18(16,17)10-9-14)13-8-4-6-11-5-2-3-7-12(11)13/h2-3,5,7,13H,4,6,8-10H2,1H3. The van der Waals surface area contributed by atoms with Gasteiger partial charge in [-0.25, -0.2) is 8.42 Å². The zero-order valence-corrected chi connectivity index (χ0v) is 12.0. The minimum atomic E-state index is -3.25. The maximum absolute atomic E-state index is 12.1. The monoisotopic (exact) mass is 287 g/mol. The maximum atomic E-state index is 12.1. The Morgan fingerprint density at radius 2 is 2.11 bits per heavy atom. The molecule has 0 spiro atoms. The largest absolute Gasteiger partial charge is 0.215 e. The quantitative estimate of drug-likeness (QED) is 0.798. The van der Waals surface area contributed by atoms with Crippen molar-refractivity contribution in [3.63, 3.8) is 0 Å². The maximum Gasteiger partial charge on any atom is 0.215 e. The van der Waals surface area contributed by atoms with Crippen molar-refractivity contribution in [3.8, 4) is 0 Å². The molecule has 0 aromatic heterocycles. The van der Waals surface area contributed by atoms with Crippen LogP contribution in [0.1, 0.15) is 30.0 Å². The number of benzene rings is 1. The second-order valence-electron chi connectivity index (χ2n) is 4.63. The fraction of sp³-hybridized carbons (Fsp3) is 0.538. The zero-order valence-electron chi connectivity index (χ0n) is 10.5. The Bertz CT molecular complexity index is 515. The molecule has 0 fully saturated rings. The van der Waals surface area contributed by atoms with E-state index in [0.717, 1.165) is 24.8 Å². The first-order valence-corrected chi connectivity index (χ1v) is 8.30. The van der Waals surface area contributed by atoms with Crippen LogP contribution in [0, 0.1) is 0 Å². The van der Waals surface area contributed by atoms with E-state index in [9.17, 15) is 8.42 Å². The minimum absolute atomic E-state index is 0.00369. The fourth-order valence-electron chi connectivity index (χ4n) is 2.54. The minimum Gasteiger partial charge on any atom is -0.212 e. The molecule has 0 bridgehead atoms. The van der Waals surface area contributed by atoms with Gasteiger partial charge < -0.3 is 0 Å². The van der Waals surface area contributed by atoms with E-state index in [1.165, 1.54) is 9.87 Å². The lowest BCUT2D eigenvalue weighted by Crippen LogP contribution is -2.35. The molecule has 1 aromatic carbocycles. The van der Waals surface area contributed by atoms with Gasteiger partial charge in [-0.2, -0.15) is 4.31 Å². The Labute approximate surface area is 114 Å². The first-order valence-electron chi connectivity index (χ1n) is 6.16. The fourth-order valence-corrected chi connectivity index (χ4v) is 4.22. The lowest BCUT2D eigenvalue weighted by atomic mass is 9.88. The van der Waals surface area contributed by atoms with Crippen LogP contribution in [-0.2, 0) is 16.4 Å². The summed E-state index contributed by atoms with van der Waals surface area (Å²) in [5, 5.41) is 0. The Hall–Kier alpha value is -0.580. The van der Waals surface area contributed by atoms with Gasteiger partial charge in [-0.1, -0.05) is 24.3 Å². The van der Waals surface area contributed by atoms with Crippen LogP contribution in [0.2, 0.25) is 0 Å². The van der Waals surface area contributed by atoms with Gasteiger partial charge in [-0.05, 0) is 30.4 Å². The van der Waals surface area contributed by atoms with E-state index in [0.29, 0.717) is 0 Å². The number of rotatable bonds is 4. The molecule has 3 nitrogen and oxygen atoms in total. The molecule has 0 amide bonds. The van der Waals surface area contributed by atoms with Gasteiger partial charge in [0, 0.05) is 19.0 Å². The van der Waals surface area contributed by atoms with E-state index >= 15 is 0 Å². The average Bonchev–Trinajstić information content (AvgIpc) is 2.37. The Morgan fingerprint density at radius 1 is 1.39 bits per heavy atom. The summed E-state index contributed by atoms with van der Waals surface area (Å²) in [6.45, 7) is 0. The summed E-state index contributed by atoms with van der Waals surface area (Å²) in [6, 6.07) is 8.06. The third kappa shape index (κ3) is 2.71. The topological polar surface area (TPSA) is 37.4 Å². The molecule has 100 valence electrons. The molecule has 1 unspecified atom stereocenters. The molecular weight excluding hydrogens is 270 g/mol. The van der Waals surface area contributed by atoms with Crippen LogP contribution in [-0.4, -0.2) is 31.4 Å². The van der Waals surface area contributed by atoms with Crippen LogP contribution < -0.4 is 0 Å². The van der Waals surface area contributed by atoms with Crippen molar-refractivity contribution in [2.24, 2.45) is 0 Å². The lowest BCUT2D eigenvalue weighted by Gasteiger charge is -2.32. The summed E-state index contributed by atoms with van der Waals surface area (Å²) in [5.74, 6) is 0.144. The van der Waals surface area contributed by atoms with Crippen molar-refractivity contribution in [3.05, 3.63) is 35.4 Å². The number of alkyl halides is 1. The molecule has 0 saturated carbocycles. The molecule has 5 heteroatoms. The SMILES string of the molecule is CN(C1CCCc2ccccc21)S(=O)(=O)CCCl. The van der Waals surface area contributed by atoms with Crippen LogP contribution in [0.3, 0.4) is 0 Å². The number of aryl methyl sites for hydroxylation is 1. The Morgan fingerprint density at radius 3 is 2.83 bits per heavy atom. The number of hydrogen-bond acceptors (Lipinski definition) is 2. The van der Waals surface area contributed by atoms with Gasteiger partial charge in [0.2, 0.25) is 10.0 Å². The number of halogens is 1. The number of fused-ring (bicyclic) bond motifs is 1. The molecule has 1 aliphatic rings. The van der Waals surface area contributed by atoms with Gasteiger partial charge >= 0.3 is 0 Å².